The maximum atomic E-state index is 12.1. The van der Waals surface area contributed by atoms with Crippen LogP contribution in [0.15, 0.2) is 35.5 Å². The van der Waals surface area contributed by atoms with E-state index in [1.165, 1.54) is 0 Å². The zero-order chi connectivity index (χ0) is 19.1. The molecule has 8 nitrogen and oxygen atoms in total. The standard InChI is InChI=1S/C17H19ClN2O6/c1-3-24-16(22)15-10(2)19-17(23)20-12(15)8-26-14(21)9-25-13-7-5-4-6-11(13)18/h4-7,10H,3,8-9H2,1-2H3,(H2,19,20,23)/t10-/m1/s1. The minimum Gasteiger partial charge on any atom is -0.480 e. The largest absolute Gasteiger partial charge is 0.480 e. The van der Waals surface area contributed by atoms with E-state index in [2.05, 4.69) is 10.6 Å². The Kier molecular flexibility index (Phi) is 6.85. The van der Waals surface area contributed by atoms with Crippen LogP contribution >= 0.6 is 11.6 Å². The minimum absolute atomic E-state index is 0.172. The van der Waals surface area contributed by atoms with E-state index in [0.717, 1.165) is 0 Å². The van der Waals surface area contributed by atoms with E-state index in [1.807, 2.05) is 0 Å². The molecule has 1 aromatic carbocycles. The first-order valence-corrected chi connectivity index (χ1v) is 8.30. The predicted molar refractivity (Wildman–Crippen MR) is 92.7 cm³/mol. The number of hydrogen-bond donors (Lipinski definition) is 2. The van der Waals surface area contributed by atoms with E-state index < -0.39 is 24.0 Å². The number of ether oxygens (including phenoxy) is 3. The Morgan fingerprint density at radius 1 is 1.23 bits per heavy atom. The molecule has 0 saturated carbocycles. The Morgan fingerprint density at radius 3 is 2.65 bits per heavy atom. The lowest BCUT2D eigenvalue weighted by Gasteiger charge is -2.26. The molecule has 2 rings (SSSR count). The highest BCUT2D eigenvalue weighted by molar-refractivity contribution is 6.32. The molecule has 1 heterocycles. The Hall–Kier alpha value is -2.74. The van der Waals surface area contributed by atoms with Crippen molar-refractivity contribution in [3.05, 3.63) is 40.6 Å². The van der Waals surface area contributed by atoms with Crippen molar-refractivity contribution in [2.75, 3.05) is 19.8 Å². The van der Waals surface area contributed by atoms with Crippen LogP contribution in [0, 0.1) is 0 Å². The van der Waals surface area contributed by atoms with Gasteiger partial charge in [0.2, 0.25) is 0 Å². The molecule has 0 unspecified atom stereocenters. The van der Waals surface area contributed by atoms with Crippen LogP contribution in [0.1, 0.15) is 13.8 Å². The van der Waals surface area contributed by atoms with Crippen molar-refractivity contribution in [2.24, 2.45) is 0 Å². The van der Waals surface area contributed by atoms with Crippen LogP contribution in [-0.2, 0) is 19.1 Å². The first kappa shape index (κ1) is 19.6. The molecule has 9 heteroatoms. The lowest BCUT2D eigenvalue weighted by Crippen LogP contribution is -2.50. The van der Waals surface area contributed by atoms with Crippen LogP contribution in [0.25, 0.3) is 0 Å². The maximum absolute atomic E-state index is 12.1. The molecule has 0 radical (unpaired) electrons. The molecule has 2 amide bonds. The van der Waals surface area contributed by atoms with Gasteiger partial charge in [-0.2, -0.15) is 0 Å². The van der Waals surface area contributed by atoms with Gasteiger partial charge in [-0.25, -0.2) is 14.4 Å². The number of urea groups is 1. The third-order valence-electron chi connectivity index (χ3n) is 3.43. The molecule has 26 heavy (non-hydrogen) atoms. The lowest BCUT2D eigenvalue weighted by molar-refractivity contribution is -0.145. The van der Waals surface area contributed by atoms with Crippen LogP contribution < -0.4 is 15.4 Å². The highest BCUT2D eigenvalue weighted by atomic mass is 35.5. The summed E-state index contributed by atoms with van der Waals surface area (Å²) in [6, 6.07) is 5.63. The number of amides is 2. The van der Waals surface area contributed by atoms with E-state index in [0.29, 0.717) is 10.8 Å². The second-order valence-electron chi connectivity index (χ2n) is 5.31. The summed E-state index contributed by atoms with van der Waals surface area (Å²) in [5, 5.41) is 5.38. The number of rotatable bonds is 7. The summed E-state index contributed by atoms with van der Waals surface area (Å²) in [7, 11) is 0. The summed E-state index contributed by atoms with van der Waals surface area (Å²) < 4.78 is 15.3. The van der Waals surface area contributed by atoms with E-state index in [4.69, 9.17) is 25.8 Å². The lowest BCUT2D eigenvalue weighted by atomic mass is 10.0. The highest BCUT2D eigenvalue weighted by Gasteiger charge is 2.30. The normalized spacial score (nSPS) is 16.4. The second-order valence-corrected chi connectivity index (χ2v) is 5.72. The van der Waals surface area contributed by atoms with E-state index >= 15 is 0 Å². The summed E-state index contributed by atoms with van der Waals surface area (Å²) >= 11 is 5.93. The molecule has 140 valence electrons. The summed E-state index contributed by atoms with van der Waals surface area (Å²) in [5.74, 6) is -0.923. The maximum Gasteiger partial charge on any atom is 0.344 e. The summed E-state index contributed by atoms with van der Waals surface area (Å²) in [4.78, 5) is 35.6. The molecule has 0 spiro atoms. The molecule has 0 aliphatic carbocycles. The molecule has 1 atom stereocenters. The molecule has 1 aromatic rings. The molecule has 0 bridgehead atoms. The van der Waals surface area contributed by atoms with Gasteiger partial charge in [0.1, 0.15) is 12.4 Å². The highest BCUT2D eigenvalue weighted by Crippen LogP contribution is 2.23. The van der Waals surface area contributed by atoms with Crippen LogP contribution in [-0.4, -0.2) is 43.8 Å². The Bertz CT molecular complexity index is 734. The van der Waals surface area contributed by atoms with Gasteiger partial charge in [-0.1, -0.05) is 23.7 Å². The molecular formula is C17H19ClN2O6. The van der Waals surface area contributed by atoms with Gasteiger partial charge in [0.25, 0.3) is 0 Å². The Morgan fingerprint density at radius 2 is 1.96 bits per heavy atom. The third kappa shape index (κ3) is 5.13. The first-order chi connectivity index (χ1) is 12.4. The van der Waals surface area contributed by atoms with Gasteiger partial charge in [-0.3, -0.25) is 0 Å². The topological polar surface area (TPSA) is 103 Å². The number of carbonyl (C=O) groups is 3. The van der Waals surface area contributed by atoms with Crippen molar-refractivity contribution in [2.45, 2.75) is 19.9 Å². The summed E-state index contributed by atoms with van der Waals surface area (Å²) in [6.07, 6.45) is 0. The average molecular weight is 383 g/mol. The zero-order valence-corrected chi connectivity index (χ0v) is 15.1. The first-order valence-electron chi connectivity index (χ1n) is 7.93. The van der Waals surface area contributed by atoms with Crippen molar-refractivity contribution in [1.29, 1.82) is 0 Å². The molecule has 2 N–H and O–H groups in total. The fourth-order valence-corrected chi connectivity index (χ4v) is 2.48. The smallest absolute Gasteiger partial charge is 0.344 e. The van der Waals surface area contributed by atoms with Gasteiger partial charge < -0.3 is 24.8 Å². The Labute approximate surface area is 155 Å². The molecule has 0 fully saturated rings. The van der Waals surface area contributed by atoms with Crippen LogP contribution in [0.4, 0.5) is 4.79 Å². The van der Waals surface area contributed by atoms with Gasteiger partial charge >= 0.3 is 18.0 Å². The van der Waals surface area contributed by atoms with Crippen molar-refractivity contribution < 1.29 is 28.6 Å². The van der Waals surface area contributed by atoms with Crippen LogP contribution in [0.2, 0.25) is 5.02 Å². The van der Waals surface area contributed by atoms with Gasteiger partial charge in [0.15, 0.2) is 6.61 Å². The molecule has 1 aliphatic heterocycles. The van der Waals surface area contributed by atoms with E-state index in [1.54, 1.807) is 38.1 Å². The van der Waals surface area contributed by atoms with Crippen LogP contribution in [0.5, 0.6) is 5.75 Å². The number of esters is 2. The fourth-order valence-electron chi connectivity index (χ4n) is 2.29. The van der Waals surface area contributed by atoms with E-state index in [-0.39, 0.29) is 31.1 Å². The SMILES string of the molecule is CCOC(=O)C1=C(COC(=O)COc2ccccc2Cl)NC(=O)N[C@@H]1C. The summed E-state index contributed by atoms with van der Waals surface area (Å²) in [6.45, 7) is 2.82. The number of benzene rings is 1. The minimum atomic E-state index is -0.680. The second kappa shape index (κ2) is 9.10. The number of carbonyl (C=O) groups excluding carboxylic acids is 3. The molecule has 0 saturated heterocycles. The number of hydrogen-bond acceptors (Lipinski definition) is 6. The third-order valence-corrected chi connectivity index (χ3v) is 3.74. The average Bonchev–Trinajstić information content (AvgIpc) is 2.58. The Balaban J connectivity index is 1.99. The van der Waals surface area contributed by atoms with Gasteiger partial charge in [-0.05, 0) is 26.0 Å². The fraction of sp³-hybridized carbons (Fsp3) is 0.353. The van der Waals surface area contributed by atoms with Gasteiger partial charge in [-0.15, -0.1) is 0 Å². The quantitative estimate of drug-likeness (QED) is 0.697. The zero-order valence-electron chi connectivity index (χ0n) is 14.3. The molecule has 1 aliphatic rings. The number of para-hydroxylation sites is 1. The number of nitrogens with one attached hydrogen (secondary N) is 2. The van der Waals surface area contributed by atoms with Crippen molar-refractivity contribution in [3.8, 4) is 5.75 Å². The van der Waals surface area contributed by atoms with Gasteiger partial charge in [0, 0.05) is 0 Å². The van der Waals surface area contributed by atoms with Crippen molar-refractivity contribution in [3.63, 3.8) is 0 Å². The van der Waals surface area contributed by atoms with Crippen LogP contribution in [0.3, 0.4) is 0 Å². The van der Waals surface area contributed by atoms with Crippen molar-refractivity contribution >= 4 is 29.6 Å². The van der Waals surface area contributed by atoms with E-state index in [9.17, 15) is 14.4 Å². The summed E-state index contributed by atoms with van der Waals surface area (Å²) in [5.41, 5.74) is 0.372. The predicted octanol–water partition coefficient (Wildman–Crippen LogP) is 1.78. The van der Waals surface area contributed by atoms with Gasteiger partial charge in [0.05, 0.1) is 28.9 Å². The van der Waals surface area contributed by atoms with Crippen molar-refractivity contribution in [1.82, 2.24) is 10.6 Å². The monoisotopic (exact) mass is 382 g/mol. The molecular weight excluding hydrogens is 364 g/mol. The molecule has 0 aromatic heterocycles. The number of halogens is 1.